The normalized spacial score (nSPS) is 18.0. The summed E-state index contributed by atoms with van der Waals surface area (Å²) in [6.45, 7) is 7.13. The summed E-state index contributed by atoms with van der Waals surface area (Å²) in [7, 11) is 3.12. The average molecular weight is 452 g/mol. The molecule has 1 fully saturated rings. The molecule has 4 rings (SSSR count). The Morgan fingerprint density at radius 1 is 1.24 bits per heavy atom. The summed E-state index contributed by atoms with van der Waals surface area (Å²) >= 11 is 0. The van der Waals surface area contributed by atoms with Gasteiger partial charge in [-0.2, -0.15) is 0 Å². The molecule has 0 saturated carbocycles. The number of carbonyl (C=O) groups is 1. The Morgan fingerprint density at radius 3 is 2.67 bits per heavy atom. The molecular formula is C25H29N3O5. The number of hydrogen-bond acceptors (Lipinski definition) is 7. The van der Waals surface area contributed by atoms with Gasteiger partial charge in [0, 0.05) is 37.1 Å². The number of carbonyl (C=O) groups excluding carboxylic acids is 1. The quantitative estimate of drug-likeness (QED) is 0.573. The Morgan fingerprint density at radius 2 is 2.00 bits per heavy atom. The highest BCUT2D eigenvalue weighted by Gasteiger charge is 2.33. The lowest BCUT2D eigenvalue weighted by atomic mass is 10.0. The summed E-state index contributed by atoms with van der Waals surface area (Å²) in [5.41, 5.74) is 1.78. The summed E-state index contributed by atoms with van der Waals surface area (Å²) in [5, 5.41) is 0.899. The van der Waals surface area contributed by atoms with Crippen LogP contribution in [-0.2, 0) is 9.47 Å². The minimum absolute atomic E-state index is 0.0623. The van der Waals surface area contributed by atoms with Crippen LogP contribution in [0.1, 0.15) is 29.9 Å². The Kier molecular flexibility index (Phi) is 6.37. The van der Waals surface area contributed by atoms with Crippen LogP contribution < -0.4 is 15.1 Å². The van der Waals surface area contributed by atoms with E-state index in [-0.39, 0.29) is 24.0 Å². The van der Waals surface area contributed by atoms with Crippen molar-refractivity contribution >= 4 is 22.7 Å². The molecule has 0 radical (unpaired) electrons. The van der Waals surface area contributed by atoms with Crippen molar-refractivity contribution in [2.45, 2.75) is 26.9 Å². The molecular weight excluding hydrogens is 422 g/mol. The minimum Gasteiger partial charge on any atom is -0.491 e. The van der Waals surface area contributed by atoms with Gasteiger partial charge in [0.15, 0.2) is 5.75 Å². The number of esters is 1. The van der Waals surface area contributed by atoms with Crippen LogP contribution >= 0.6 is 0 Å². The van der Waals surface area contributed by atoms with Crippen LogP contribution in [0, 0.1) is 12.8 Å². The molecule has 3 heterocycles. The lowest BCUT2D eigenvalue weighted by Gasteiger charge is -2.23. The van der Waals surface area contributed by atoms with Gasteiger partial charge in [0.2, 0.25) is 5.43 Å². The van der Waals surface area contributed by atoms with Crippen LogP contribution in [0.4, 0.5) is 5.82 Å². The number of H-pyrrole nitrogens is 1. The van der Waals surface area contributed by atoms with Gasteiger partial charge in [-0.25, -0.2) is 9.78 Å². The van der Waals surface area contributed by atoms with Gasteiger partial charge in [-0.05, 0) is 26.0 Å². The highest BCUT2D eigenvalue weighted by atomic mass is 16.5. The first-order valence-electron chi connectivity index (χ1n) is 11.0. The lowest BCUT2D eigenvalue weighted by molar-refractivity contribution is 0.0525. The van der Waals surface area contributed by atoms with Gasteiger partial charge in [0.1, 0.15) is 11.4 Å². The lowest BCUT2D eigenvalue weighted by Crippen LogP contribution is -2.26. The maximum atomic E-state index is 13.3. The molecule has 2 aromatic heterocycles. The molecule has 33 heavy (non-hydrogen) atoms. The van der Waals surface area contributed by atoms with Crippen LogP contribution in [-0.4, -0.2) is 56.0 Å². The summed E-state index contributed by atoms with van der Waals surface area (Å²) in [5.74, 6) is 0.380. The Labute approximate surface area is 192 Å². The van der Waals surface area contributed by atoms with Crippen LogP contribution in [0.25, 0.3) is 22.2 Å². The van der Waals surface area contributed by atoms with E-state index >= 15 is 0 Å². The van der Waals surface area contributed by atoms with E-state index in [0.717, 1.165) is 17.4 Å². The van der Waals surface area contributed by atoms with Gasteiger partial charge in [-0.3, -0.25) is 4.79 Å². The van der Waals surface area contributed by atoms with Gasteiger partial charge in [0.25, 0.3) is 0 Å². The predicted molar refractivity (Wildman–Crippen MR) is 127 cm³/mol. The molecule has 1 N–H and O–H groups in total. The fourth-order valence-electron chi connectivity index (χ4n) is 4.50. The van der Waals surface area contributed by atoms with E-state index in [1.807, 2.05) is 30.3 Å². The number of hydrogen-bond donors (Lipinski definition) is 1. The smallest absolute Gasteiger partial charge is 0.344 e. The van der Waals surface area contributed by atoms with Crippen molar-refractivity contribution in [3.8, 4) is 17.0 Å². The predicted octanol–water partition coefficient (Wildman–Crippen LogP) is 3.55. The fourth-order valence-corrected chi connectivity index (χ4v) is 4.50. The van der Waals surface area contributed by atoms with Crippen LogP contribution in [0.15, 0.2) is 35.1 Å². The van der Waals surface area contributed by atoms with E-state index in [4.69, 9.17) is 19.2 Å². The summed E-state index contributed by atoms with van der Waals surface area (Å²) < 4.78 is 16.2. The highest BCUT2D eigenvalue weighted by molar-refractivity contribution is 6.00. The van der Waals surface area contributed by atoms with Crippen molar-refractivity contribution in [2.75, 3.05) is 38.8 Å². The van der Waals surface area contributed by atoms with Crippen molar-refractivity contribution in [3.05, 3.63) is 51.8 Å². The molecule has 8 heteroatoms. The molecule has 1 saturated heterocycles. The van der Waals surface area contributed by atoms with E-state index in [0.29, 0.717) is 35.2 Å². The zero-order valence-corrected chi connectivity index (χ0v) is 19.6. The van der Waals surface area contributed by atoms with Crippen molar-refractivity contribution < 1.29 is 19.0 Å². The van der Waals surface area contributed by atoms with E-state index in [2.05, 4.69) is 16.8 Å². The van der Waals surface area contributed by atoms with Crippen molar-refractivity contribution in [3.63, 3.8) is 0 Å². The molecule has 1 aliphatic heterocycles. The monoisotopic (exact) mass is 451 g/mol. The number of para-hydroxylation sites is 1. The first kappa shape index (κ1) is 22.8. The number of anilines is 1. The maximum absolute atomic E-state index is 13.3. The number of aryl methyl sites for hydroxylation is 1. The Bertz CT molecular complexity index is 1250. The van der Waals surface area contributed by atoms with Crippen molar-refractivity contribution in [1.82, 2.24) is 9.97 Å². The molecule has 0 spiro atoms. The minimum atomic E-state index is -0.698. The zero-order chi connectivity index (χ0) is 23.7. The van der Waals surface area contributed by atoms with Gasteiger partial charge >= 0.3 is 5.97 Å². The number of methoxy groups -OCH3 is 2. The average Bonchev–Trinajstić information content (AvgIpc) is 3.18. The van der Waals surface area contributed by atoms with Gasteiger partial charge in [0.05, 0.1) is 36.7 Å². The number of benzene rings is 1. The number of fused-ring (bicyclic) bond motifs is 1. The van der Waals surface area contributed by atoms with Crippen LogP contribution in [0.3, 0.4) is 0 Å². The van der Waals surface area contributed by atoms with Crippen LogP contribution in [0.2, 0.25) is 0 Å². The number of ether oxygens (including phenoxy) is 3. The second kappa shape index (κ2) is 9.23. The van der Waals surface area contributed by atoms with Crippen molar-refractivity contribution in [1.29, 1.82) is 0 Å². The van der Waals surface area contributed by atoms with Gasteiger partial charge in [-0.1, -0.05) is 25.1 Å². The molecule has 0 bridgehead atoms. The zero-order valence-electron chi connectivity index (χ0n) is 19.6. The van der Waals surface area contributed by atoms with E-state index in [1.165, 1.54) is 7.11 Å². The molecule has 3 aromatic rings. The topological polar surface area (TPSA) is 93.8 Å². The number of aromatic nitrogens is 2. The largest absolute Gasteiger partial charge is 0.491 e. The highest BCUT2D eigenvalue weighted by Crippen LogP contribution is 2.36. The number of aromatic amines is 1. The second-order valence-corrected chi connectivity index (χ2v) is 8.29. The molecule has 0 aliphatic carbocycles. The second-order valence-electron chi connectivity index (χ2n) is 8.29. The third-order valence-electron chi connectivity index (χ3n) is 6.14. The molecule has 174 valence electrons. The fraction of sp³-hybridized carbons (Fsp3) is 0.400. The molecule has 1 aliphatic rings. The van der Waals surface area contributed by atoms with E-state index in [9.17, 15) is 9.59 Å². The maximum Gasteiger partial charge on any atom is 0.344 e. The van der Waals surface area contributed by atoms with Gasteiger partial charge in [-0.15, -0.1) is 0 Å². The molecule has 0 amide bonds. The first-order valence-corrected chi connectivity index (χ1v) is 11.0. The van der Waals surface area contributed by atoms with Gasteiger partial charge < -0.3 is 24.1 Å². The SMILES string of the molecule is CCOC(=O)c1c(-c2cc3ccccc3nc2N2C[C@H](OC)[C@@H](C)C2)[nH]c(C)c(OC)c1=O. The third-order valence-corrected chi connectivity index (χ3v) is 6.14. The van der Waals surface area contributed by atoms with Crippen molar-refractivity contribution in [2.24, 2.45) is 5.92 Å². The first-order chi connectivity index (χ1) is 15.9. The summed E-state index contributed by atoms with van der Waals surface area (Å²) in [4.78, 5) is 36.5. The third kappa shape index (κ3) is 4.06. The van der Waals surface area contributed by atoms with Crippen LogP contribution in [0.5, 0.6) is 5.75 Å². The molecule has 1 aromatic carbocycles. The molecule has 8 nitrogen and oxygen atoms in total. The Balaban J connectivity index is 2.01. The summed E-state index contributed by atoms with van der Waals surface area (Å²) in [6.07, 6.45) is 0.0623. The summed E-state index contributed by atoms with van der Waals surface area (Å²) in [6, 6.07) is 9.73. The number of nitrogens with one attached hydrogen (secondary N) is 1. The number of nitrogens with zero attached hydrogens (tertiary/aromatic N) is 2. The molecule has 0 unspecified atom stereocenters. The number of rotatable bonds is 6. The standard InChI is InChI=1S/C25H29N3O5/c1-6-33-25(30)20-21(26-15(3)23(32-5)22(20)29)17-11-16-9-7-8-10-18(16)27-24(17)28-12-14(2)19(13-28)31-4/h7-11,14,19H,6,12-13H2,1-5H3,(H,26,29)/t14-,19-/m0/s1. The van der Waals surface area contributed by atoms with E-state index in [1.54, 1.807) is 21.0 Å². The molecule has 2 atom stereocenters. The Hall–Kier alpha value is -3.39. The number of pyridine rings is 2. The van der Waals surface area contributed by atoms with E-state index < -0.39 is 11.4 Å².